The highest BCUT2D eigenvalue weighted by Crippen LogP contribution is 2.37. The van der Waals surface area contributed by atoms with Crippen LogP contribution in [-0.4, -0.2) is 73.4 Å². The van der Waals surface area contributed by atoms with Gasteiger partial charge < -0.3 is 9.84 Å². The molecule has 5 heteroatoms. The summed E-state index contributed by atoms with van der Waals surface area (Å²) in [6.07, 6.45) is 3.69. The zero-order valence-corrected chi connectivity index (χ0v) is 12.8. The number of rotatable bonds is 5. The Balaban J connectivity index is 1.74. The lowest BCUT2D eigenvalue weighted by atomic mass is 9.73. The lowest BCUT2D eigenvalue weighted by Gasteiger charge is -2.43. The molecule has 2 fully saturated rings. The molecule has 5 nitrogen and oxygen atoms in total. The first-order valence-electron chi connectivity index (χ1n) is 7.74. The van der Waals surface area contributed by atoms with Crippen LogP contribution < -0.4 is 0 Å². The Labute approximate surface area is 121 Å². The molecule has 0 aromatic rings. The van der Waals surface area contributed by atoms with Crippen molar-refractivity contribution in [3.63, 3.8) is 0 Å². The first kappa shape index (κ1) is 15.7. The number of piperazine rings is 1. The van der Waals surface area contributed by atoms with Crippen LogP contribution >= 0.6 is 0 Å². The minimum Gasteiger partial charge on any atom is -0.481 e. The van der Waals surface area contributed by atoms with E-state index < -0.39 is 11.4 Å². The van der Waals surface area contributed by atoms with Crippen molar-refractivity contribution >= 4 is 5.97 Å². The van der Waals surface area contributed by atoms with Crippen molar-refractivity contribution in [3.8, 4) is 0 Å². The van der Waals surface area contributed by atoms with Gasteiger partial charge in [0, 0.05) is 45.9 Å². The highest BCUT2D eigenvalue weighted by Gasteiger charge is 2.39. The molecular weight excluding hydrogens is 256 g/mol. The summed E-state index contributed by atoms with van der Waals surface area (Å²) in [6.45, 7) is 8.16. The average Bonchev–Trinajstić information content (AvgIpc) is 2.46. The highest BCUT2D eigenvalue weighted by atomic mass is 16.5. The number of nitrogens with zero attached hydrogens (tertiary/aromatic N) is 2. The van der Waals surface area contributed by atoms with Gasteiger partial charge in [-0.2, -0.15) is 0 Å². The van der Waals surface area contributed by atoms with E-state index in [0.717, 1.165) is 65.0 Å². The van der Waals surface area contributed by atoms with Crippen LogP contribution in [-0.2, 0) is 9.53 Å². The molecule has 0 bridgehead atoms. The fourth-order valence-electron chi connectivity index (χ4n) is 3.39. The van der Waals surface area contributed by atoms with Crippen molar-refractivity contribution in [3.05, 3.63) is 0 Å². The third-order valence-corrected chi connectivity index (χ3v) is 5.11. The Morgan fingerprint density at radius 3 is 2.35 bits per heavy atom. The summed E-state index contributed by atoms with van der Waals surface area (Å²) in [5.41, 5.74) is -0.489. The quantitative estimate of drug-likeness (QED) is 0.824. The smallest absolute Gasteiger partial charge is 0.309 e. The summed E-state index contributed by atoms with van der Waals surface area (Å²) in [6, 6.07) is 0.590. The van der Waals surface area contributed by atoms with Crippen LogP contribution in [0, 0.1) is 5.41 Å². The second-order valence-electron chi connectivity index (χ2n) is 6.47. The van der Waals surface area contributed by atoms with Gasteiger partial charge in [-0.15, -0.1) is 0 Å². The Morgan fingerprint density at radius 2 is 1.85 bits per heavy atom. The number of hydrogen-bond acceptors (Lipinski definition) is 4. The Morgan fingerprint density at radius 1 is 1.25 bits per heavy atom. The standard InChI is InChI=1S/C15H28N2O3/c1-15(14(18)19)5-3-13(4-6-15)17-9-7-16(8-10-17)11-12-20-2/h13H,3-12H2,1-2H3,(H,18,19). The molecule has 1 aliphatic heterocycles. The number of carbonyl (C=O) groups is 1. The summed E-state index contributed by atoms with van der Waals surface area (Å²) in [7, 11) is 1.75. The molecular formula is C15H28N2O3. The van der Waals surface area contributed by atoms with Gasteiger partial charge in [-0.3, -0.25) is 14.6 Å². The molecule has 0 spiro atoms. The van der Waals surface area contributed by atoms with Crippen LogP contribution in [0.1, 0.15) is 32.6 Å². The van der Waals surface area contributed by atoms with Crippen LogP contribution in [0.15, 0.2) is 0 Å². The number of methoxy groups -OCH3 is 1. The van der Waals surface area contributed by atoms with Crippen molar-refractivity contribution < 1.29 is 14.6 Å². The van der Waals surface area contributed by atoms with E-state index >= 15 is 0 Å². The van der Waals surface area contributed by atoms with Crippen molar-refractivity contribution in [2.45, 2.75) is 38.6 Å². The fraction of sp³-hybridized carbons (Fsp3) is 0.933. The van der Waals surface area contributed by atoms with Gasteiger partial charge in [0.2, 0.25) is 0 Å². The minimum absolute atomic E-state index is 0.489. The van der Waals surface area contributed by atoms with Gasteiger partial charge in [-0.25, -0.2) is 0 Å². The first-order valence-corrected chi connectivity index (χ1v) is 7.74. The van der Waals surface area contributed by atoms with Gasteiger partial charge in [-0.05, 0) is 32.6 Å². The number of carboxylic acids is 1. The lowest BCUT2D eigenvalue weighted by Crippen LogP contribution is -2.52. The van der Waals surface area contributed by atoms with Gasteiger partial charge in [0.15, 0.2) is 0 Å². The molecule has 1 heterocycles. The van der Waals surface area contributed by atoms with E-state index in [1.807, 2.05) is 6.92 Å². The van der Waals surface area contributed by atoms with Crippen molar-refractivity contribution in [2.24, 2.45) is 5.41 Å². The molecule has 0 radical (unpaired) electrons. The summed E-state index contributed by atoms with van der Waals surface area (Å²) in [5.74, 6) is -0.625. The van der Waals surface area contributed by atoms with E-state index in [-0.39, 0.29) is 0 Å². The zero-order chi connectivity index (χ0) is 14.6. The van der Waals surface area contributed by atoms with Crippen LogP contribution in [0.3, 0.4) is 0 Å². The maximum absolute atomic E-state index is 11.3. The molecule has 1 N–H and O–H groups in total. The molecule has 0 atom stereocenters. The molecule has 1 aliphatic carbocycles. The second kappa shape index (κ2) is 6.87. The van der Waals surface area contributed by atoms with E-state index in [9.17, 15) is 9.90 Å². The molecule has 0 aromatic heterocycles. The topological polar surface area (TPSA) is 53.0 Å². The molecule has 0 amide bonds. The predicted molar refractivity (Wildman–Crippen MR) is 77.9 cm³/mol. The van der Waals surface area contributed by atoms with Crippen LogP contribution in [0.2, 0.25) is 0 Å². The molecule has 116 valence electrons. The average molecular weight is 284 g/mol. The molecule has 1 saturated heterocycles. The van der Waals surface area contributed by atoms with Gasteiger partial charge in [0.05, 0.1) is 12.0 Å². The molecule has 0 aromatic carbocycles. The van der Waals surface area contributed by atoms with Crippen molar-refractivity contribution in [1.29, 1.82) is 0 Å². The fourth-order valence-corrected chi connectivity index (χ4v) is 3.39. The van der Waals surface area contributed by atoms with Crippen LogP contribution in [0.4, 0.5) is 0 Å². The summed E-state index contributed by atoms with van der Waals surface area (Å²) < 4.78 is 5.12. The number of hydrogen-bond donors (Lipinski definition) is 1. The van der Waals surface area contributed by atoms with E-state index in [1.54, 1.807) is 7.11 Å². The third kappa shape index (κ3) is 3.71. The maximum atomic E-state index is 11.3. The Hall–Kier alpha value is -0.650. The number of aliphatic carboxylic acids is 1. The predicted octanol–water partition coefficient (Wildman–Crippen LogP) is 1.28. The molecule has 1 saturated carbocycles. The van der Waals surface area contributed by atoms with E-state index in [2.05, 4.69) is 9.80 Å². The molecule has 20 heavy (non-hydrogen) atoms. The number of carboxylic acid groups (broad SMARTS) is 1. The largest absolute Gasteiger partial charge is 0.481 e. The van der Waals surface area contributed by atoms with Crippen molar-refractivity contribution in [1.82, 2.24) is 9.80 Å². The van der Waals surface area contributed by atoms with Gasteiger partial charge in [0.1, 0.15) is 0 Å². The Kier molecular flexibility index (Phi) is 5.41. The minimum atomic E-state index is -0.625. The third-order valence-electron chi connectivity index (χ3n) is 5.11. The van der Waals surface area contributed by atoms with E-state index in [4.69, 9.17) is 4.74 Å². The number of ether oxygens (including phenoxy) is 1. The lowest BCUT2D eigenvalue weighted by molar-refractivity contribution is -0.150. The normalized spacial score (nSPS) is 33.2. The summed E-state index contributed by atoms with van der Waals surface area (Å²) >= 11 is 0. The molecule has 0 unspecified atom stereocenters. The molecule has 2 rings (SSSR count). The van der Waals surface area contributed by atoms with E-state index in [1.165, 1.54) is 0 Å². The monoisotopic (exact) mass is 284 g/mol. The second-order valence-corrected chi connectivity index (χ2v) is 6.47. The SMILES string of the molecule is COCCN1CCN(C2CCC(C)(C(=O)O)CC2)CC1. The van der Waals surface area contributed by atoms with E-state index in [0.29, 0.717) is 6.04 Å². The summed E-state index contributed by atoms with van der Waals surface area (Å²) in [5, 5.41) is 9.28. The highest BCUT2D eigenvalue weighted by molar-refractivity contribution is 5.74. The first-order chi connectivity index (χ1) is 9.55. The van der Waals surface area contributed by atoms with Crippen LogP contribution in [0.5, 0.6) is 0 Å². The maximum Gasteiger partial charge on any atom is 0.309 e. The van der Waals surface area contributed by atoms with Gasteiger partial charge >= 0.3 is 5.97 Å². The summed E-state index contributed by atoms with van der Waals surface area (Å²) in [4.78, 5) is 16.3. The van der Waals surface area contributed by atoms with Crippen molar-refractivity contribution in [2.75, 3.05) is 46.4 Å². The zero-order valence-electron chi connectivity index (χ0n) is 12.8. The Bertz CT molecular complexity index is 319. The van der Waals surface area contributed by atoms with Gasteiger partial charge in [0.25, 0.3) is 0 Å². The van der Waals surface area contributed by atoms with Gasteiger partial charge in [-0.1, -0.05) is 0 Å². The molecule has 2 aliphatic rings. The van der Waals surface area contributed by atoms with Crippen LogP contribution in [0.25, 0.3) is 0 Å².